The van der Waals surface area contributed by atoms with Crippen LogP contribution in [-0.2, 0) is 12.6 Å². The van der Waals surface area contributed by atoms with Crippen molar-refractivity contribution < 1.29 is 17.6 Å². The maximum absolute atomic E-state index is 13.0. The fourth-order valence-electron chi connectivity index (χ4n) is 1.21. The molecular formula is C10H9ClF4. The van der Waals surface area contributed by atoms with Crippen LogP contribution in [0.3, 0.4) is 0 Å². The van der Waals surface area contributed by atoms with Crippen molar-refractivity contribution in [2.45, 2.75) is 19.0 Å². The highest BCUT2D eigenvalue weighted by Crippen LogP contribution is 2.31. The summed E-state index contributed by atoms with van der Waals surface area (Å²) in [6, 6.07) is 2.95. The second kappa shape index (κ2) is 4.84. The van der Waals surface area contributed by atoms with E-state index >= 15 is 0 Å². The van der Waals surface area contributed by atoms with Gasteiger partial charge in [-0.3, -0.25) is 0 Å². The van der Waals surface area contributed by atoms with E-state index in [2.05, 4.69) is 0 Å². The third-order valence-electron chi connectivity index (χ3n) is 1.94. The van der Waals surface area contributed by atoms with Crippen LogP contribution in [0.5, 0.6) is 0 Å². The first-order chi connectivity index (χ1) is 6.95. The van der Waals surface area contributed by atoms with Gasteiger partial charge in [0.25, 0.3) is 0 Å². The van der Waals surface area contributed by atoms with Crippen LogP contribution in [0.1, 0.15) is 17.5 Å². The maximum atomic E-state index is 13.0. The standard InChI is InChI=1S/C10H9ClF4/c11-5-1-2-7-3-4-8(9(12)6-7)10(13,14)15/h3-4,6H,1-2,5H2. The molecule has 1 aromatic rings. The van der Waals surface area contributed by atoms with Gasteiger partial charge in [-0.1, -0.05) is 6.07 Å². The first-order valence-electron chi connectivity index (χ1n) is 4.36. The summed E-state index contributed by atoms with van der Waals surface area (Å²) >= 11 is 5.42. The molecule has 5 heteroatoms. The molecule has 0 N–H and O–H groups in total. The van der Waals surface area contributed by atoms with Crippen molar-refractivity contribution >= 4 is 11.6 Å². The number of aryl methyl sites for hydroxylation is 1. The molecular weight excluding hydrogens is 232 g/mol. The van der Waals surface area contributed by atoms with Crippen molar-refractivity contribution in [3.05, 3.63) is 35.1 Å². The van der Waals surface area contributed by atoms with E-state index in [0.29, 0.717) is 24.3 Å². The van der Waals surface area contributed by atoms with Crippen molar-refractivity contribution in [1.82, 2.24) is 0 Å². The number of hydrogen-bond acceptors (Lipinski definition) is 0. The topological polar surface area (TPSA) is 0 Å². The number of benzene rings is 1. The van der Waals surface area contributed by atoms with Gasteiger partial charge >= 0.3 is 6.18 Å². The molecule has 0 unspecified atom stereocenters. The lowest BCUT2D eigenvalue weighted by atomic mass is 10.1. The highest BCUT2D eigenvalue weighted by Gasteiger charge is 2.33. The molecule has 0 fully saturated rings. The van der Waals surface area contributed by atoms with Gasteiger partial charge in [0.1, 0.15) is 5.82 Å². The van der Waals surface area contributed by atoms with E-state index in [1.165, 1.54) is 6.07 Å². The second-order valence-corrected chi connectivity index (χ2v) is 3.48. The Morgan fingerprint density at radius 3 is 2.33 bits per heavy atom. The van der Waals surface area contributed by atoms with Crippen LogP contribution in [0, 0.1) is 5.82 Å². The van der Waals surface area contributed by atoms with Gasteiger partial charge in [-0.2, -0.15) is 13.2 Å². The van der Waals surface area contributed by atoms with Gasteiger partial charge in [0.2, 0.25) is 0 Å². The van der Waals surface area contributed by atoms with Gasteiger partial charge in [0.15, 0.2) is 0 Å². The number of alkyl halides is 4. The summed E-state index contributed by atoms with van der Waals surface area (Å²) in [6.07, 6.45) is -3.53. The van der Waals surface area contributed by atoms with Crippen LogP contribution in [0.2, 0.25) is 0 Å². The Morgan fingerprint density at radius 1 is 1.20 bits per heavy atom. The molecule has 0 radical (unpaired) electrons. The summed E-state index contributed by atoms with van der Waals surface area (Å²) in [7, 11) is 0. The van der Waals surface area contributed by atoms with Gasteiger partial charge in [0, 0.05) is 5.88 Å². The number of hydrogen-bond donors (Lipinski definition) is 0. The van der Waals surface area contributed by atoms with Crippen molar-refractivity contribution in [2.75, 3.05) is 5.88 Å². The average Bonchev–Trinajstić information content (AvgIpc) is 2.12. The summed E-state index contributed by atoms with van der Waals surface area (Å²) in [6.45, 7) is 0. The minimum atomic E-state index is -4.63. The Bertz CT molecular complexity index is 333. The molecule has 0 atom stereocenters. The Labute approximate surface area is 89.9 Å². The molecule has 0 amide bonds. The number of halogens is 5. The fourth-order valence-corrected chi connectivity index (χ4v) is 1.35. The van der Waals surface area contributed by atoms with Crippen molar-refractivity contribution in [1.29, 1.82) is 0 Å². The van der Waals surface area contributed by atoms with E-state index in [4.69, 9.17) is 11.6 Å². The van der Waals surface area contributed by atoms with Gasteiger partial charge < -0.3 is 0 Å². The molecule has 0 aliphatic rings. The zero-order chi connectivity index (χ0) is 11.5. The largest absolute Gasteiger partial charge is 0.419 e. The maximum Gasteiger partial charge on any atom is 0.419 e. The zero-order valence-corrected chi connectivity index (χ0v) is 8.50. The summed E-state index contributed by atoms with van der Waals surface area (Å²) in [5, 5.41) is 0. The van der Waals surface area contributed by atoms with Crippen LogP contribution < -0.4 is 0 Å². The predicted octanol–water partition coefficient (Wildman–Crippen LogP) is 4.02. The zero-order valence-electron chi connectivity index (χ0n) is 7.74. The highest BCUT2D eigenvalue weighted by atomic mass is 35.5. The summed E-state index contributed by atoms with van der Waals surface area (Å²) in [5.41, 5.74) is -0.696. The van der Waals surface area contributed by atoms with E-state index in [-0.39, 0.29) is 0 Å². The summed E-state index contributed by atoms with van der Waals surface area (Å²) in [5.74, 6) is -0.822. The minimum Gasteiger partial charge on any atom is -0.206 e. The predicted molar refractivity (Wildman–Crippen MR) is 50.4 cm³/mol. The molecule has 1 rings (SSSR count). The lowest BCUT2D eigenvalue weighted by Gasteiger charge is -2.08. The first-order valence-corrected chi connectivity index (χ1v) is 4.90. The lowest BCUT2D eigenvalue weighted by Crippen LogP contribution is -2.08. The van der Waals surface area contributed by atoms with Crippen LogP contribution in [0.4, 0.5) is 17.6 Å². The molecule has 1 aromatic carbocycles. The molecule has 0 aromatic heterocycles. The van der Waals surface area contributed by atoms with E-state index < -0.39 is 17.6 Å². The van der Waals surface area contributed by atoms with E-state index in [1.54, 1.807) is 0 Å². The molecule has 0 nitrogen and oxygen atoms in total. The van der Waals surface area contributed by atoms with Crippen LogP contribution in [0.25, 0.3) is 0 Å². The average molecular weight is 241 g/mol. The van der Waals surface area contributed by atoms with Crippen molar-refractivity contribution in [3.8, 4) is 0 Å². The van der Waals surface area contributed by atoms with E-state index in [1.807, 2.05) is 0 Å². The normalized spacial score (nSPS) is 11.8. The van der Waals surface area contributed by atoms with E-state index in [0.717, 1.165) is 12.1 Å². The van der Waals surface area contributed by atoms with Gasteiger partial charge in [-0.05, 0) is 30.5 Å². The van der Waals surface area contributed by atoms with Gasteiger partial charge in [-0.25, -0.2) is 4.39 Å². The fraction of sp³-hybridized carbons (Fsp3) is 0.400. The molecule has 0 aliphatic heterocycles. The van der Waals surface area contributed by atoms with Crippen LogP contribution in [0.15, 0.2) is 18.2 Å². The number of rotatable bonds is 3. The van der Waals surface area contributed by atoms with Crippen LogP contribution in [-0.4, -0.2) is 5.88 Å². The smallest absolute Gasteiger partial charge is 0.206 e. The van der Waals surface area contributed by atoms with Crippen molar-refractivity contribution in [3.63, 3.8) is 0 Å². The third kappa shape index (κ3) is 3.38. The van der Waals surface area contributed by atoms with Gasteiger partial charge in [-0.15, -0.1) is 11.6 Å². The molecule has 0 spiro atoms. The summed E-state index contributed by atoms with van der Waals surface area (Å²) in [4.78, 5) is 0. The highest BCUT2D eigenvalue weighted by molar-refractivity contribution is 6.17. The molecule has 0 aliphatic carbocycles. The Hall–Kier alpha value is -0.770. The first kappa shape index (κ1) is 12.3. The third-order valence-corrected chi connectivity index (χ3v) is 2.21. The lowest BCUT2D eigenvalue weighted by molar-refractivity contribution is -0.140. The Balaban J connectivity index is 2.89. The van der Waals surface area contributed by atoms with E-state index in [9.17, 15) is 17.6 Å². The van der Waals surface area contributed by atoms with Crippen LogP contribution >= 0.6 is 11.6 Å². The minimum absolute atomic E-state index is 0.405. The molecule has 0 saturated heterocycles. The summed E-state index contributed by atoms with van der Waals surface area (Å²) < 4.78 is 49.5. The molecule has 0 saturated carbocycles. The molecule has 84 valence electrons. The van der Waals surface area contributed by atoms with Crippen molar-refractivity contribution in [2.24, 2.45) is 0 Å². The molecule has 0 bridgehead atoms. The Kier molecular flexibility index (Phi) is 3.97. The SMILES string of the molecule is Fc1cc(CCCCl)ccc1C(F)(F)F. The molecule has 0 heterocycles. The molecule has 15 heavy (non-hydrogen) atoms. The Morgan fingerprint density at radius 2 is 1.87 bits per heavy atom. The monoisotopic (exact) mass is 240 g/mol. The van der Waals surface area contributed by atoms with Gasteiger partial charge in [0.05, 0.1) is 5.56 Å². The quantitative estimate of drug-likeness (QED) is 0.553. The second-order valence-electron chi connectivity index (χ2n) is 3.10.